The summed E-state index contributed by atoms with van der Waals surface area (Å²) in [5.74, 6) is 0.411. The number of nitrogens with two attached hydrogens (primary N) is 2. The Kier molecular flexibility index (Phi) is 2.60. The van der Waals surface area contributed by atoms with E-state index in [2.05, 4.69) is 0 Å². The molecule has 0 fully saturated rings. The van der Waals surface area contributed by atoms with Crippen molar-refractivity contribution in [1.29, 1.82) is 0 Å². The Labute approximate surface area is 88.2 Å². The van der Waals surface area contributed by atoms with Crippen molar-refractivity contribution in [2.75, 3.05) is 0 Å². The van der Waals surface area contributed by atoms with E-state index in [-0.39, 0.29) is 6.10 Å². The van der Waals surface area contributed by atoms with Gasteiger partial charge >= 0.3 is 0 Å². The van der Waals surface area contributed by atoms with Crippen LogP contribution in [-0.4, -0.2) is 18.1 Å². The number of amides is 1. The summed E-state index contributed by atoms with van der Waals surface area (Å²) in [5.41, 5.74) is 11.8. The van der Waals surface area contributed by atoms with E-state index in [1.165, 1.54) is 5.56 Å². The normalized spacial score (nSPS) is 20.5. The first-order chi connectivity index (χ1) is 7.16. The van der Waals surface area contributed by atoms with Crippen molar-refractivity contribution in [3.8, 4) is 5.75 Å². The first-order valence-corrected chi connectivity index (χ1v) is 4.96. The fourth-order valence-electron chi connectivity index (χ4n) is 1.78. The maximum Gasteiger partial charge on any atom is 0.234 e. The lowest BCUT2D eigenvalue weighted by Gasteiger charge is -2.13. The molecule has 0 radical (unpaired) electrons. The van der Waals surface area contributed by atoms with Crippen molar-refractivity contribution in [3.63, 3.8) is 0 Å². The predicted octanol–water partition coefficient (Wildman–Crippen LogP) is 0.193. The molecule has 2 unspecified atom stereocenters. The van der Waals surface area contributed by atoms with Crippen LogP contribution in [0.5, 0.6) is 5.75 Å². The number of carbonyl (C=O) groups excluding carboxylic acids is 1. The van der Waals surface area contributed by atoms with Gasteiger partial charge in [-0.25, -0.2) is 0 Å². The fraction of sp³-hybridized carbons (Fsp3) is 0.364. The molecule has 0 saturated carbocycles. The standard InChI is InChI=1S/C11H14N2O2/c12-9(11(13)14)6-8-5-7-3-1-2-4-10(7)15-8/h1-4,8-9H,5-6,12H2,(H2,13,14). The molecule has 0 bridgehead atoms. The molecule has 4 N–H and O–H groups in total. The van der Waals surface area contributed by atoms with Crippen molar-refractivity contribution in [3.05, 3.63) is 29.8 Å². The molecule has 1 heterocycles. The average Bonchev–Trinajstić information content (AvgIpc) is 2.59. The van der Waals surface area contributed by atoms with Gasteiger partial charge in [-0.05, 0) is 11.6 Å². The highest BCUT2D eigenvalue weighted by molar-refractivity contribution is 5.79. The van der Waals surface area contributed by atoms with Gasteiger partial charge in [0.2, 0.25) is 5.91 Å². The molecule has 1 aromatic rings. The lowest BCUT2D eigenvalue weighted by molar-refractivity contribution is -0.119. The van der Waals surface area contributed by atoms with Gasteiger partial charge in [-0.3, -0.25) is 4.79 Å². The van der Waals surface area contributed by atoms with E-state index in [9.17, 15) is 4.79 Å². The second kappa shape index (κ2) is 3.90. The molecule has 80 valence electrons. The van der Waals surface area contributed by atoms with Crippen molar-refractivity contribution in [2.24, 2.45) is 11.5 Å². The van der Waals surface area contributed by atoms with E-state index >= 15 is 0 Å². The molecule has 0 saturated heterocycles. The third kappa shape index (κ3) is 2.10. The molecule has 1 aromatic carbocycles. The Bertz CT molecular complexity index is 354. The molecule has 4 nitrogen and oxygen atoms in total. The molecule has 2 atom stereocenters. The second-order valence-corrected chi connectivity index (χ2v) is 3.80. The zero-order valence-electron chi connectivity index (χ0n) is 8.35. The quantitative estimate of drug-likeness (QED) is 0.741. The van der Waals surface area contributed by atoms with Crippen molar-refractivity contribution in [1.82, 2.24) is 0 Å². The molecular formula is C11H14N2O2. The Hall–Kier alpha value is -1.55. The topological polar surface area (TPSA) is 78.3 Å². The van der Waals surface area contributed by atoms with E-state index in [1.54, 1.807) is 0 Å². The van der Waals surface area contributed by atoms with Crippen LogP contribution in [0, 0.1) is 0 Å². The minimum atomic E-state index is -0.621. The molecule has 0 spiro atoms. The Morgan fingerprint density at radius 1 is 1.53 bits per heavy atom. The monoisotopic (exact) mass is 206 g/mol. The third-order valence-corrected chi connectivity index (χ3v) is 2.60. The molecule has 1 aliphatic rings. The number of ether oxygens (including phenoxy) is 1. The van der Waals surface area contributed by atoms with Gasteiger partial charge in [0.25, 0.3) is 0 Å². The molecule has 1 amide bonds. The van der Waals surface area contributed by atoms with Crippen molar-refractivity contribution in [2.45, 2.75) is 25.0 Å². The Balaban J connectivity index is 1.99. The molecule has 15 heavy (non-hydrogen) atoms. The lowest BCUT2D eigenvalue weighted by atomic mass is 10.0. The average molecular weight is 206 g/mol. The molecular weight excluding hydrogens is 192 g/mol. The number of carbonyl (C=O) groups is 1. The van der Waals surface area contributed by atoms with E-state index in [0.29, 0.717) is 6.42 Å². The van der Waals surface area contributed by atoms with Crippen LogP contribution in [0.1, 0.15) is 12.0 Å². The van der Waals surface area contributed by atoms with Crippen molar-refractivity contribution >= 4 is 5.91 Å². The van der Waals surface area contributed by atoms with Crippen LogP contribution in [-0.2, 0) is 11.2 Å². The summed E-state index contributed by atoms with van der Waals surface area (Å²) >= 11 is 0. The number of hydrogen-bond acceptors (Lipinski definition) is 3. The molecule has 2 rings (SSSR count). The predicted molar refractivity (Wildman–Crippen MR) is 56.3 cm³/mol. The van der Waals surface area contributed by atoms with Gasteiger partial charge in [0, 0.05) is 12.8 Å². The van der Waals surface area contributed by atoms with E-state index in [0.717, 1.165) is 12.2 Å². The maximum absolute atomic E-state index is 10.8. The molecule has 0 aliphatic carbocycles. The zero-order chi connectivity index (χ0) is 10.8. The Morgan fingerprint density at radius 3 is 2.93 bits per heavy atom. The molecule has 4 heteroatoms. The smallest absolute Gasteiger partial charge is 0.234 e. The van der Waals surface area contributed by atoms with Gasteiger partial charge in [-0.1, -0.05) is 18.2 Å². The summed E-state index contributed by atoms with van der Waals surface area (Å²) in [4.78, 5) is 10.8. The fourth-order valence-corrected chi connectivity index (χ4v) is 1.78. The highest BCUT2D eigenvalue weighted by Gasteiger charge is 2.25. The van der Waals surface area contributed by atoms with Gasteiger partial charge in [0.05, 0.1) is 6.04 Å². The number of fused-ring (bicyclic) bond motifs is 1. The molecule has 1 aliphatic heterocycles. The minimum absolute atomic E-state index is 0.0232. The molecule has 0 aromatic heterocycles. The van der Waals surface area contributed by atoms with Gasteiger partial charge in [-0.2, -0.15) is 0 Å². The number of hydrogen-bond donors (Lipinski definition) is 2. The van der Waals surface area contributed by atoms with Gasteiger partial charge < -0.3 is 16.2 Å². The summed E-state index contributed by atoms with van der Waals surface area (Å²) in [7, 11) is 0. The summed E-state index contributed by atoms with van der Waals surface area (Å²) < 4.78 is 5.64. The maximum atomic E-state index is 10.8. The first-order valence-electron chi connectivity index (χ1n) is 4.96. The van der Waals surface area contributed by atoms with Gasteiger partial charge in [0.1, 0.15) is 11.9 Å². The van der Waals surface area contributed by atoms with E-state index in [4.69, 9.17) is 16.2 Å². The van der Waals surface area contributed by atoms with Gasteiger partial charge in [-0.15, -0.1) is 0 Å². The first kappa shape index (κ1) is 9.98. The van der Waals surface area contributed by atoms with Crippen LogP contribution >= 0.6 is 0 Å². The minimum Gasteiger partial charge on any atom is -0.490 e. The van der Waals surface area contributed by atoms with Crippen LogP contribution in [0.2, 0.25) is 0 Å². The van der Waals surface area contributed by atoms with E-state index < -0.39 is 11.9 Å². The number of primary amides is 1. The van der Waals surface area contributed by atoms with Crippen LogP contribution in [0.15, 0.2) is 24.3 Å². The van der Waals surface area contributed by atoms with Crippen molar-refractivity contribution < 1.29 is 9.53 Å². The number of benzene rings is 1. The van der Waals surface area contributed by atoms with Crippen LogP contribution in [0.4, 0.5) is 0 Å². The SMILES string of the molecule is NC(=O)C(N)CC1Cc2ccccc2O1. The summed E-state index contributed by atoms with van der Waals surface area (Å²) in [6.45, 7) is 0. The van der Waals surface area contributed by atoms with Crippen LogP contribution < -0.4 is 16.2 Å². The highest BCUT2D eigenvalue weighted by Crippen LogP contribution is 2.29. The van der Waals surface area contributed by atoms with E-state index in [1.807, 2.05) is 24.3 Å². The van der Waals surface area contributed by atoms with Gasteiger partial charge in [0.15, 0.2) is 0 Å². The number of para-hydroxylation sites is 1. The summed E-state index contributed by atoms with van der Waals surface area (Å²) in [5, 5.41) is 0. The largest absolute Gasteiger partial charge is 0.490 e. The second-order valence-electron chi connectivity index (χ2n) is 3.80. The summed E-state index contributed by atoms with van der Waals surface area (Å²) in [6.07, 6.45) is 1.26. The zero-order valence-corrected chi connectivity index (χ0v) is 8.35. The highest BCUT2D eigenvalue weighted by atomic mass is 16.5. The lowest BCUT2D eigenvalue weighted by Crippen LogP contribution is -2.40. The third-order valence-electron chi connectivity index (χ3n) is 2.60. The van der Waals surface area contributed by atoms with Crippen LogP contribution in [0.3, 0.4) is 0 Å². The summed E-state index contributed by atoms with van der Waals surface area (Å²) in [6, 6.07) is 7.22. The number of rotatable bonds is 3. The Morgan fingerprint density at radius 2 is 2.27 bits per heavy atom. The van der Waals surface area contributed by atoms with Crippen LogP contribution in [0.25, 0.3) is 0 Å².